The quantitative estimate of drug-likeness (QED) is 0.355. The number of fused-ring (bicyclic) bond motifs is 1. The molecule has 10 heteroatoms. The number of pyridine rings is 1. The second kappa shape index (κ2) is 10.4. The summed E-state index contributed by atoms with van der Waals surface area (Å²) in [5, 5.41) is 15.5. The topological polar surface area (TPSA) is 131 Å². The van der Waals surface area contributed by atoms with Crippen LogP contribution in [0.25, 0.3) is 16.9 Å². The van der Waals surface area contributed by atoms with Crippen LogP contribution in [-0.4, -0.2) is 35.7 Å². The molecule has 0 saturated carbocycles. The first-order valence-corrected chi connectivity index (χ1v) is 11.6. The van der Waals surface area contributed by atoms with E-state index >= 15 is 0 Å². The van der Waals surface area contributed by atoms with Crippen molar-refractivity contribution in [2.24, 2.45) is 0 Å². The first-order chi connectivity index (χ1) is 18.0. The number of carbonyl (C=O) groups is 1. The molecule has 0 spiro atoms. The molecule has 3 heterocycles. The number of benzene rings is 2. The predicted molar refractivity (Wildman–Crippen MR) is 135 cm³/mol. The summed E-state index contributed by atoms with van der Waals surface area (Å²) in [5.41, 5.74) is 3.37. The third-order valence-electron chi connectivity index (χ3n) is 5.86. The molecular formula is C27H23N5O5. The molecule has 0 atom stereocenters. The van der Waals surface area contributed by atoms with Crippen LogP contribution in [0.15, 0.2) is 70.0 Å². The fraction of sp³-hybridized carbons (Fsp3) is 0.185. The van der Waals surface area contributed by atoms with Crippen LogP contribution in [-0.2, 0) is 17.8 Å². The van der Waals surface area contributed by atoms with Crippen molar-refractivity contribution >= 4 is 11.7 Å². The van der Waals surface area contributed by atoms with E-state index in [1.54, 1.807) is 37.6 Å². The maximum absolute atomic E-state index is 12.4. The van der Waals surface area contributed by atoms with E-state index in [-0.39, 0.29) is 18.3 Å². The summed E-state index contributed by atoms with van der Waals surface area (Å²) in [6.07, 6.45) is 2.08. The number of nitrogens with one attached hydrogen (secondary N) is 2. The van der Waals surface area contributed by atoms with E-state index in [0.717, 1.165) is 16.7 Å². The smallest absolute Gasteiger partial charge is 0.424 e. The van der Waals surface area contributed by atoms with Crippen molar-refractivity contribution in [1.29, 1.82) is 5.26 Å². The Balaban J connectivity index is 1.22. The van der Waals surface area contributed by atoms with Crippen molar-refractivity contribution in [3.8, 4) is 34.5 Å². The second-order valence-electron chi connectivity index (χ2n) is 8.34. The van der Waals surface area contributed by atoms with E-state index in [1.165, 1.54) is 4.57 Å². The van der Waals surface area contributed by atoms with Crippen LogP contribution >= 0.6 is 0 Å². The number of amides is 1. The number of carbonyl (C=O) groups excluding carboxylic acids is 1. The highest BCUT2D eigenvalue weighted by Crippen LogP contribution is 2.29. The SMILES string of the molecule is COc1ccc(C#N)c(-c2cccc(CNCCc3cn(-c4ccc5c(n4)NC(=O)CO5)c(=O)o3)c2)c1. The van der Waals surface area contributed by atoms with Gasteiger partial charge in [0, 0.05) is 25.1 Å². The lowest BCUT2D eigenvalue weighted by Gasteiger charge is -2.17. The van der Waals surface area contributed by atoms with Gasteiger partial charge in [0.05, 0.1) is 24.9 Å². The molecule has 1 aliphatic heterocycles. The van der Waals surface area contributed by atoms with Crippen LogP contribution in [0.3, 0.4) is 0 Å². The van der Waals surface area contributed by atoms with Gasteiger partial charge in [-0.15, -0.1) is 0 Å². The minimum absolute atomic E-state index is 0.0664. The molecule has 2 aromatic heterocycles. The summed E-state index contributed by atoms with van der Waals surface area (Å²) < 4.78 is 17.3. The third kappa shape index (κ3) is 5.22. The number of hydrogen-bond donors (Lipinski definition) is 2. The molecule has 4 aromatic rings. The van der Waals surface area contributed by atoms with E-state index in [0.29, 0.717) is 48.2 Å². The van der Waals surface area contributed by atoms with Crippen molar-refractivity contribution in [2.45, 2.75) is 13.0 Å². The Bertz CT molecular complexity index is 1570. The van der Waals surface area contributed by atoms with Gasteiger partial charge in [0.1, 0.15) is 17.3 Å². The van der Waals surface area contributed by atoms with Crippen LogP contribution in [0.2, 0.25) is 0 Å². The number of rotatable bonds is 8. The van der Waals surface area contributed by atoms with E-state index in [1.807, 2.05) is 30.3 Å². The van der Waals surface area contributed by atoms with Crippen molar-refractivity contribution in [2.75, 3.05) is 25.6 Å². The number of aromatic nitrogens is 2. The minimum Gasteiger partial charge on any atom is -0.497 e. The molecule has 0 aliphatic carbocycles. The molecule has 37 heavy (non-hydrogen) atoms. The zero-order valence-electron chi connectivity index (χ0n) is 20.0. The highest BCUT2D eigenvalue weighted by molar-refractivity contribution is 5.94. The van der Waals surface area contributed by atoms with Crippen LogP contribution in [0.1, 0.15) is 16.9 Å². The molecule has 2 N–H and O–H groups in total. The van der Waals surface area contributed by atoms with E-state index in [4.69, 9.17) is 13.9 Å². The Morgan fingerprint density at radius 3 is 2.92 bits per heavy atom. The molecule has 0 bridgehead atoms. The van der Waals surface area contributed by atoms with Crippen LogP contribution in [0, 0.1) is 11.3 Å². The van der Waals surface area contributed by atoms with Gasteiger partial charge in [0.15, 0.2) is 18.2 Å². The summed E-state index contributed by atoms with van der Waals surface area (Å²) in [6.45, 7) is 1.10. The van der Waals surface area contributed by atoms with Gasteiger partial charge < -0.3 is 24.5 Å². The Kier molecular flexibility index (Phi) is 6.70. The van der Waals surface area contributed by atoms with Crippen LogP contribution in [0.4, 0.5) is 5.82 Å². The van der Waals surface area contributed by atoms with Gasteiger partial charge in [-0.2, -0.15) is 5.26 Å². The largest absolute Gasteiger partial charge is 0.497 e. The number of nitrogens with zero attached hydrogens (tertiary/aromatic N) is 3. The molecule has 10 nitrogen and oxygen atoms in total. The molecule has 0 radical (unpaired) electrons. The molecular weight excluding hydrogens is 474 g/mol. The van der Waals surface area contributed by atoms with E-state index < -0.39 is 5.76 Å². The molecule has 0 saturated heterocycles. The molecule has 1 aliphatic rings. The number of hydrogen-bond acceptors (Lipinski definition) is 8. The lowest BCUT2D eigenvalue weighted by molar-refractivity contribution is -0.118. The Morgan fingerprint density at radius 1 is 1.19 bits per heavy atom. The molecule has 0 fully saturated rings. The van der Waals surface area contributed by atoms with Gasteiger partial charge in [0.2, 0.25) is 0 Å². The normalized spacial score (nSPS) is 12.3. The minimum atomic E-state index is -0.565. The molecule has 186 valence electrons. The fourth-order valence-corrected chi connectivity index (χ4v) is 4.03. The maximum Gasteiger partial charge on any atom is 0.424 e. The van der Waals surface area contributed by atoms with Gasteiger partial charge in [-0.25, -0.2) is 14.3 Å². The summed E-state index contributed by atoms with van der Waals surface area (Å²) in [5.74, 6) is 1.36. The summed E-state index contributed by atoms with van der Waals surface area (Å²) >= 11 is 0. The second-order valence-corrected chi connectivity index (χ2v) is 8.34. The Morgan fingerprint density at radius 2 is 2.08 bits per heavy atom. The van der Waals surface area contributed by atoms with Crippen molar-refractivity contribution < 1.29 is 18.7 Å². The van der Waals surface area contributed by atoms with Gasteiger partial charge in [-0.3, -0.25) is 4.79 Å². The summed E-state index contributed by atoms with van der Waals surface area (Å²) in [4.78, 5) is 28.2. The maximum atomic E-state index is 12.4. The van der Waals surface area contributed by atoms with Crippen LogP contribution in [0.5, 0.6) is 11.5 Å². The van der Waals surface area contributed by atoms with Crippen molar-refractivity contribution in [3.63, 3.8) is 0 Å². The van der Waals surface area contributed by atoms with Gasteiger partial charge in [-0.05, 0) is 47.5 Å². The number of anilines is 1. The standard InChI is InChI=1S/C27H23N5O5/c1-35-20-6-5-19(13-28)22(12-20)18-4-2-3-17(11-18)14-29-10-9-21-15-32(27(34)37-21)24-8-7-23-26(30-24)31-25(33)16-36-23/h2-8,11-12,15,29H,9-10,14,16H2,1H3,(H,30,31,33). The third-order valence-corrected chi connectivity index (χ3v) is 5.86. The van der Waals surface area contributed by atoms with Gasteiger partial charge in [0.25, 0.3) is 5.91 Å². The molecule has 0 unspecified atom stereocenters. The Labute approximate surface area is 212 Å². The number of nitriles is 1. The lowest BCUT2D eigenvalue weighted by atomic mass is 9.98. The first-order valence-electron chi connectivity index (χ1n) is 11.6. The predicted octanol–water partition coefficient (Wildman–Crippen LogP) is 3.04. The van der Waals surface area contributed by atoms with Crippen molar-refractivity contribution in [3.05, 3.63) is 88.2 Å². The number of oxazole rings is 1. The molecule has 5 rings (SSSR count). The zero-order valence-corrected chi connectivity index (χ0v) is 20.0. The monoisotopic (exact) mass is 497 g/mol. The molecule has 1 amide bonds. The van der Waals surface area contributed by atoms with Crippen molar-refractivity contribution in [1.82, 2.24) is 14.9 Å². The van der Waals surface area contributed by atoms with Crippen LogP contribution < -0.4 is 25.9 Å². The van der Waals surface area contributed by atoms with Gasteiger partial charge >= 0.3 is 5.76 Å². The number of methoxy groups -OCH3 is 1. The van der Waals surface area contributed by atoms with Gasteiger partial charge in [-0.1, -0.05) is 18.2 Å². The number of ether oxygens (including phenoxy) is 2. The molecule has 2 aromatic carbocycles. The summed E-state index contributed by atoms with van der Waals surface area (Å²) in [7, 11) is 1.60. The first kappa shape index (κ1) is 23.8. The average Bonchev–Trinajstić information content (AvgIpc) is 3.30. The lowest BCUT2D eigenvalue weighted by Crippen LogP contribution is -2.26. The highest BCUT2D eigenvalue weighted by Gasteiger charge is 2.19. The van der Waals surface area contributed by atoms with E-state index in [9.17, 15) is 14.9 Å². The fourth-order valence-electron chi connectivity index (χ4n) is 4.03. The zero-order chi connectivity index (χ0) is 25.8. The summed E-state index contributed by atoms with van der Waals surface area (Å²) in [6, 6.07) is 18.8. The Hall–Kier alpha value is -4.88. The van der Waals surface area contributed by atoms with E-state index in [2.05, 4.69) is 21.7 Å². The highest BCUT2D eigenvalue weighted by atomic mass is 16.5. The average molecular weight is 498 g/mol.